The minimum Gasteiger partial charge on any atom is -0.342 e. The molecule has 1 atom stereocenters. The summed E-state index contributed by atoms with van der Waals surface area (Å²) in [6, 6.07) is 0.148. The molecule has 0 bridgehead atoms. The van der Waals surface area contributed by atoms with E-state index in [0.717, 1.165) is 32.1 Å². The lowest BCUT2D eigenvalue weighted by atomic mass is 9.94. The number of rotatable bonds is 7. The molecule has 0 saturated heterocycles. The second-order valence-electron chi connectivity index (χ2n) is 6.51. The van der Waals surface area contributed by atoms with Crippen molar-refractivity contribution in [3.8, 4) is 0 Å². The maximum Gasteiger partial charge on any atom is 0.240 e. The second kappa shape index (κ2) is 8.04. The summed E-state index contributed by atoms with van der Waals surface area (Å²) in [5.41, 5.74) is 0. The predicted octanol–water partition coefficient (Wildman–Crippen LogP) is 1.18. The third-order valence-corrected chi connectivity index (χ3v) is 6.67. The number of nitrogens with zero attached hydrogens (tertiary/aromatic N) is 5. The number of hydrogen-bond acceptors (Lipinski definition) is 6. The van der Waals surface area contributed by atoms with Crippen LogP contribution in [0.15, 0.2) is 0 Å². The Hall–Kier alpha value is -1.51. The van der Waals surface area contributed by atoms with E-state index in [-0.39, 0.29) is 23.5 Å². The van der Waals surface area contributed by atoms with Gasteiger partial charge in [-0.15, -0.1) is 5.10 Å². The first-order valence-corrected chi connectivity index (χ1v) is 10.3. The molecule has 1 aliphatic rings. The topological polar surface area (TPSA) is 98.0 Å². The molecule has 1 aromatic heterocycles. The molecule has 0 N–H and O–H groups in total. The summed E-state index contributed by atoms with van der Waals surface area (Å²) in [4.78, 5) is 14.2. The van der Waals surface area contributed by atoms with E-state index in [9.17, 15) is 13.2 Å². The summed E-state index contributed by atoms with van der Waals surface area (Å²) in [5, 5.41) is 10.0. The Labute approximate surface area is 143 Å². The van der Waals surface area contributed by atoms with E-state index in [0.29, 0.717) is 6.54 Å². The Bertz CT molecular complexity index is 652. The lowest BCUT2D eigenvalue weighted by molar-refractivity contribution is -0.131. The molecule has 136 valence electrons. The number of aryl methyl sites for hydroxylation is 1. The van der Waals surface area contributed by atoms with Crippen molar-refractivity contribution in [3.05, 3.63) is 5.82 Å². The van der Waals surface area contributed by atoms with Crippen LogP contribution in [0.25, 0.3) is 0 Å². The third-order valence-electron chi connectivity index (χ3n) is 4.73. The van der Waals surface area contributed by atoms with Crippen LogP contribution in [0.1, 0.15) is 58.2 Å². The van der Waals surface area contributed by atoms with Crippen LogP contribution in [0.5, 0.6) is 0 Å². The SMILES string of the molecule is CCCn1nnnc1CS(=O)(=O)C(C)C(=O)N(C)C1CCCCC1. The van der Waals surface area contributed by atoms with Crippen LogP contribution in [-0.2, 0) is 26.9 Å². The molecule has 1 fully saturated rings. The van der Waals surface area contributed by atoms with Gasteiger partial charge in [-0.05, 0) is 36.6 Å². The fourth-order valence-corrected chi connectivity index (χ4v) is 4.40. The zero-order chi connectivity index (χ0) is 17.7. The molecule has 1 heterocycles. The molecule has 0 aromatic carbocycles. The molecule has 24 heavy (non-hydrogen) atoms. The van der Waals surface area contributed by atoms with Gasteiger partial charge >= 0.3 is 0 Å². The second-order valence-corrected chi connectivity index (χ2v) is 8.83. The average Bonchev–Trinajstić information content (AvgIpc) is 3.00. The van der Waals surface area contributed by atoms with E-state index >= 15 is 0 Å². The van der Waals surface area contributed by atoms with Crippen LogP contribution >= 0.6 is 0 Å². The summed E-state index contributed by atoms with van der Waals surface area (Å²) < 4.78 is 26.7. The molecule has 1 aromatic rings. The van der Waals surface area contributed by atoms with Gasteiger partial charge in [0.1, 0.15) is 11.0 Å². The van der Waals surface area contributed by atoms with Crippen molar-refractivity contribution in [2.75, 3.05) is 7.05 Å². The van der Waals surface area contributed by atoms with E-state index in [1.165, 1.54) is 18.0 Å². The largest absolute Gasteiger partial charge is 0.342 e. The summed E-state index contributed by atoms with van der Waals surface area (Å²) in [7, 11) is -1.95. The summed E-state index contributed by atoms with van der Waals surface area (Å²) in [6.45, 7) is 3.98. The molecule has 0 spiro atoms. The standard InChI is InChI=1S/C15H27N5O3S/c1-4-10-20-14(16-17-18-20)11-24(22,23)12(2)15(21)19(3)13-8-6-5-7-9-13/h12-13H,4-11H2,1-3H3. The number of tetrazole rings is 1. The highest BCUT2D eigenvalue weighted by atomic mass is 32.2. The number of sulfone groups is 1. The number of carbonyl (C=O) groups is 1. The molecule has 9 heteroatoms. The Balaban J connectivity index is 2.07. The number of amides is 1. The maximum atomic E-state index is 12.6. The van der Waals surface area contributed by atoms with Crippen LogP contribution in [0.4, 0.5) is 0 Å². The fourth-order valence-electron chi connectivity index (χ4n) is 3.11. The zero-order valence-electron chi connectivity index (χ0n) is 14.7. The third kappa shape index (κ3) is 4.31. The van der Waals surface area contributed by atoms with Crippen LogP contribution < -0.4 is 0 Å². The van der Waals surface area contributed by atoms with Crippen molar-refractivity contribution in [3.63, 3.8) is 0 Å². The molecule has 1 saturated carbocycles. The van der Waals surface area contributed by atoms with Crippen LogP contribution in [0.3, 0.4) is 0 Å². The van der Waals surface area contributed by atoms with Crippen molar-refractivity contribution < 1.29 is 13.2 Å². The fraction of sp³-hybridized carbons (Fsp3) is 0.867. The van der Waals surface area contributed by atoms with Crippen molar-refractivity contribution in [2.45, 2.75) is 76.0 Å². The van der Waals surface area contributed by atoms with Gasteiger partial charge in [0.2, 0.25) is 5.91 Å². The molecule has 1 unspecified atom stereocenters. The minimum atomic E-state index is -3.66. The van der Waals surface area contributed by atoms with Gasteiger partial charge in [-0.25, -0.2) is 13.1 Å². The quantitative estimate of drug-likeness (QED) is 0.727. The van der Waals surface area contributed by atoms with Gasteiger partial charge in [0, 0.05) is 19.6 Å². The van der Waals surface area contributed by atoms with Crippen molar-refractivity contribution >= 4 is 15.7 Å². The minimum absolute atomic E-state index is 0.148. The van der Waals surface area contributed by atoms with E-state index in [1.807, 2.05) is 6.92 Å². The Morgan fingerprint density at radius 1 is 1.33 bits per heavy atom. The van der Waals surface area contributed by atoms with Gasteiger partial charge in [0.15, 0.2) is 15.7 Å². The van der Waals surface area contributed by atoms with E-state index < -0.39 is 15.1 Å². The molecule has 0 aliphatic heterocycles. The maximum absolute atomic E-state index is 12.6. The molecule has 2 rings (SSSR count). The van der Waals surface area contributed by atoms with Gasteiger partial charge < -0.3 is 4.90 Å². The predicted molar refractivity (Wildman–Crippen MR) is 89.8 cm³/mol. The summed E-state index contributed by atoms with van der Waals surface area (Å²) >= 11 is 0. The smallest absolute Gasteiger partial charge is 0.240 e. The summed E-state index contributed by atoms with van der Waals surface area (Å²) in [6.07, 6.45) is 6.07. The Morgan fingerprint density at radius 3 is 2.62 bits per heavy atom. The molecule has 1 amide bonds. The number of aromatic nitrogens is 4. The highest BCUT2D eigenvalue weighted by Gasteiger charge is 2.34. The monoisotopic (exact) mass is 357 g/mol. The average molecular weight is 357 g/mol. The van der Waals surface area contributed by atoms with Crippen LogP contribution in [0, 0.1) is 0 Å². The first-order valence-electron chi connectivity index (χ1n) is 8.60. The number of hydrogen-bond donors (Lipinski definition) is 0. The lowest BCUT2D eigenvalue weighted by Gasteiger charge is -2.32. The molecular formula is C15H27N5O3S. The first kappa shape index (κ1) is 18.8. The zero-order valence-corrected chi connectivity index (χ0v) is 15.5. The molecule has 8 nitrogen and oxygen atoms in total. The van der Waals surface area contributed by atoms with Gasteiger partial charge in [-0.2, -0.15) is 0 Å². The Morgan fingerprint density at radius 2 is 2.00 bits per heavy atom. The molecule has 1 aliphatic carbocycles. The normalized spacial score (nSPS) is 17.6. The van der Waals surface area contributed by atoms with Crippen molar-refractivity contribution in [2.24, 2.45) is 0 Å². The molecular weight excluding hydrogens is 330 g/mol. The van der Waals surface area contributed by atoms with E-state index in [4.69, 9.17) is 0 Å². The van der Waals surface area contributed by atoms with Crippen molar-refractivity contribution in [1.29, 1.82) is 0 Å². The van der Waals surface area contributed by atoms with E-state index in [1.54, 1.807) is 11.9 Å². The highest BCUT2D eigenvalue weighted by Crippen LogP contribution is 2.23. The number of carbonyl (C=O) groups excluding carboxylic acids is 1. The van der Waals surface area contributed by atoms with Crippen molar-refractivity contribution in [1.82, 2.24) is 25.1 Å². The Kier molecular flexibility index (Phi) is 6.31. The van der Waals surface area contributed by atoms with Crippen LogP contribution in [0.2, 0.25) is 0 Å². The molecule has 0 radical (unpaired) electrons. The van der Waals surface area contributed by atoms with Crippen LogP contribution in [-0.4, -0.2) is 57.8 Å². The first-order chi connectivity index (χ1) is 11.4. The lowest BCUT2D eigenvalue weighted by Crippen LogP contribution is -2.45. The summed E-state index contributed by atoms with van der Waals surface area (Å²) in [5.74, 6) is -0.362. The van der Waals surface area contributed by atoms with Gasteiger partial charge in [-0.1, -0.05) is 26.2 Å². The van der Waals surface area contributed by atoms with Gasteiger partial charge in [0.25, 0.3) is 0 Å². The van der Waals surface area contributed by atoms with Gasteiger partial charge in [0.05, 0.1) is 0 Å². The highest BCUT2D eigenvalue weighted by molar-refractivity contribution is 7.92. The van der Waals surface area contributed by atoms with Gasteiger partial charge in [-0.3, -0.25) is 4.79 Å². The van der Waals surface area contributed by atoms with E-state index in [2.05, 4.69) is 15.5 Å².